The van der Waals surface area contributed by atoms with E-state index >= 15 is 0 Å². The van der Waals surface area contributed by atoms with Crippen LogP contribution in [0.3, 0.4) is 0 Å². The molecule has 1 amide bonds. The molecule has 0 heterocycles. The molecular formula is C10H11FINO3. The average molecular weight is 339 g/mol. The van der Waals surface area contributed by atoms with Crippen molar-refractivity contribution in [3.05, 3.63) is 27.6 Å². The maximum Gasteiger partial charge on any atom is 0.260 e. The second-order valence-electron chi connectivity index (χ2n) is 3.04. The summed E-state index contributed by atoms with van der Waals surface area (Å²) in [5, 5.41) is 0. The van der Waals surface area contributed by atoms with Gasteiger partial charge in [0.1, 0.15) is 0 Å². The van der Waals surface area contributed by atoms with Gasteiger partial charge in [0.15, 0.2) is 17.7 Å². The van der Waals surface area contributed by atoms with Crippen LogP contribution in [0, 0.1) is 9.39 Å². The first-order valence-electron chi connectivity index (χ1n) is 4.44. The zero-order valence-electron chi connectivity index (χ0n) is 8.57. The van der Waals surface area contributed by atoms with Crippen LogP contribution in [0.5, 0.6) is 5.75 Å². The van der Waals surface area contributed by atoms with Gasteiger partial charge in [-0.25, -0.2) is 4.39 Å². The van der Waals surface area contributed by atoms with E-state index in [1.165, 1.54) is 19.2 Å². The summed E-state index contributed by atoms with van der Waals surface area (Å²) < 4.78 is 24.0. The number of amides is 1. The fourth-order valence-corrected chi connectivity index (χ4v) is 1.50. The molecule has 0 radical (unpaired) electrons. The first-order valence-corrected chi connectivity index (χ1v) is 5.52. The Labute approximate surface area is 106 Å². The van der Waals surface area contributed by atoms with Crippen molar-refractivity contribution in [1.82, 2.24) is 0 Å². The van der Waals surface area contributed by atoms with Crippen molar-refractivity contribution in [2.24, 2.45) is 5.73 Å². The van der Waals surface area contributed by atoms with Gasteiger partial charge in [-0.1, -0.05) is 0 Å². The first-order chi connectivity index (χ1) is 7.54. The molecule has 0 saturated carbocycles. The number of ether oxygens (including phenoxy) is 2. The van der Waals surface area contributed by atoms with Crippen LogP contribution in [0.15, 0.2) is 18.2 Å². The van der Waals surface area contributed by atoms with Gasteiger partial charge >= 0.3 is 0 Å². The highest BCUT2D eigenvalue weighted by atomic mass is 127. The topological polar surface area (TPSA) is 61.6 Å². The van der Waals surface area contributed by atoms with Crippen LogP contribution in [0.4, 0.5) is 4.39 Å². The van der Waals surface area contributed by atoms with Crippen LogP contribution >= 0.6 is 22.6 Å². The minimum Gasteiger partial charge on any atom is -0.475 e. The van der Waals surface area contributed by atoms with Crippen molar-refractivity contribution < 1.29 is 18.7 Å². The SMILES string of the molecule is COCC(Oc1ccc(I)cc1F)C(N)=O. The van der Waals surface area contributed by atoms with E-state index in [1.54, 1.807) is 6.07 Å². The Bertz CT molecular complexity index is 386. The quantitative estimate of drug-likeness (QED) is 0.823. The van der Waals surface area contributed by atoms with Crippen molar-refractivity contribution >= 4 is 28.5 Å². The summed E-state index contributed by atoms with van der Waals surface area (Å²) in [6, 6.07) is 4.42. The van der Waals surface area contributed by atoms with Gasteiger partial charge in [-0.2, -0.15) is 0 Å². The Morgan fingerprint density at radius 1 is 1.62 bits per heavy atom. The summed E-state index contributed by atoms with van der Waals surface area (Å²) in [6.45, 7) is -0.0131. The Morgan fingerprint density at radius 2 is 2.31 bits per heavy atom. The minimum absolute atomic E-state index is 0.0127. The smallest absolute Gasteiger partial charge is 0.260 e. The van der Waals surface area contributed by atoms with Crippen molar-refractivity contribution in [2.75, 3.05) is 13.7 Å². The average Bonchev–Trinajstić information content (AvgIpc) is 2.20. The Kier molecular flexibility index (Phi) is 4.94. The van der Waals surface area contributed by atoms with Crippen LogP contribution in [0.1, 0.15) is 0 Å². The van der Waals surface area contributed by atoms with E-state index in [1.807, 2.05) is 22.6 Å². The minimum atomic E-state index is -0.987. The molecule has 0 aliphatic carbocycles. The number of benzene rings is 1. The molecule has 1 aromatic rings. The summed E-state index contributed by atoms with van der Waals surface area (Å²) in [7, 11) is 1.41. The lowest BCUT2D eigenvalue weighted by molar-refractivity contribution is -0.126. The third-order valence-electron chi connectivity index (χ3n) is 1.80. The number of primary amides is 1. The molecular weight excluding hydrogens is 328 g/mol. The predicted octanol–water partition coefficient (Wildman–Crippen LogP) is 1.31. The van der Waals surface area contributed by atoms with E-state index in [9.17, 15) is 9.18 Å². The van der Waals surface area contributed by atoms with E-state index in [0.29, 0.717) is 0 Å². The molecule has 1 rings (SSSR count). The van der Waals surface area contributed by atoms with Gasteiger partial charge in [0, 0.05) is 10.7 Å². The molecule has 1 aromatic carbocycles. The van der Waals surface area contributed by atoms with Crippen LogP contribution in [0.2, 0.25) is 0 Å². The van der Waals surface area contributed by atoms with Crippen molar-refractivity contribution in [3.8, 4) is 5.75 Å². The van der Waals surface area contributed by atoms with Gasteiger partial charge in [0.05, 0.1) is 6.61 Å². The highest BCUT2D eigenvalue weighted by Gasteiger charge is 2.18. The maximum absolute atomic E-state index is 13.4. The van der Waals surface area contributed by atoms with Crippen molar-refractivity contribution in [2.45, 2.75) is 6.10 Å². The predicted molar refractivity (Wildman–Crippen MR) is 64.6 cm³/mol. The summed E-state index contributed by atoms with van der Waals surface area (Å²) in [5.74, 6) is -1.24. The van der Waals surface area contributed by atoms with E-state index in [0.717, 1.165) is 3.57 Å². The summed E-state index contributed by atoms with van der Waals surface area (Å²) >= 11 is 1.97. The van der Waals surface area contributed by atoms with E-state index < -0.39 is 17.8 Å². The lowest BCUT2D eigenvalue weighted by atomic mass is 10.3. The monoisotopic (exact) mass is 339 g/mol. The van der Waals surface area contributed by atoms with E-state index in [4.69, 9.17) is 15.2 Å². The number of hydrogen-bond acceptors (Lipinski definition) is 3. The maximum atomic E-state index is 13.4. The number of hydrogen-bond donors (Lipinski definition) is 1. The van der Waals surface area contributed by atoms with Crippen molar-refractivity contribution in [1.29, 1.82) is 0 Å². The van der Waals surface area contributed by atoms with Crippen LogP contribution in [0.25, 0.3) is 0 Å². The number of carbonyl (C=O) groups excluding carboxylic acids is 1. The molecule has 4 nitrogen and oxygen atoms in total. The van der Waals surface area contributed by atoms with Crippen LogP contribution in [-0.2, 0) is 9.53 Å². The number of carbonyl (C=O) groups is 1. The molecule has 0 aliphatic rings. The Hall–Kier alpha value is -0.890. The molecule has 1 atom stereocenters. The van der Waals surface area contributed by atoms with Gasteiger partial charge in [-0.3, -0.25) is 4.79 Å². The molecule has 2 N–H and O–H groups in total. The number of rotatable bonds is 5. The third kappa shape index (κ3) is 3.60. The third-order valence-corrected chi connectivity index (χ3v) is 2.47. The molecule has 1 unspecified atom stereocenters. The van der Waals surface area contributed by atoms with Gasteiger partial charge in [-0.15, -0.1) is 0 Å². The van der Waals surface area contributed by atoms with Crippen LogP contribution < -0.4 is 10.5 Å². The standard InChI is InChI=1S/C10H11FINO3/c1-15-5-9(10(13)14)16-8-3-2-6(12)4-7(8)11/h2-4,9H,5H2,1H3,(H2,13,14). The fraction of sp³-hybridized carbons (Fsp3) is 0.300. The molecule has 16 heavy (non-hydrogen) atoms. The lowest BCUT2D eigenvalue weighted by Gasteiger charge is -2.15. The molecule has 0 spiro atoms. The normalized spacial score (nSPS) is 12.2. The number of nitrogens with two attached hydrogens (primary N) is 1. The zero-order valence-corrected chi connectivity index (χ0v) is 10.7. The molecule has 0 fully saturated rings. The summed E-state index contributed by atoms with van der Waals surface area (Å²) in [4.78, 5) is 11.0. The Morgan fingerprint density at radius 3 is 2.81 bits per heavy atom. The molecule has 88 valence electrons. The molecule has 0 bridgehead atoms. The van der Waals surface area contributed by atoms with Gasteiger partial charge in [0.25, 0.3) is 5.91 Å². The van der Waals surface area contributed by atoms with E-state index in [-0.39, 0.29) is 12.4 Å². The van der Waals surface area contributed by atoms with E-state index in [2.05, 4.69) is 0 Å². The Balaban J connectivity index is 2.81. The van der Waals surface area contributed by atoms with Gasteiger partial charge < -0.3 is 15.2 Å². The zero-order chi connectivity index (χ0) is 12.1. The largest absolute Gasteiger partial charge is 0.475 e. The highest BCUT2D eigenvalue weighted by Crippen LogP contribution is 2.20. The van der Waals surface area contributed by atoms with Crippen LogP contribution in [-0.4, -0.2) is 25.7 Å². The number of methoxy groups -OCH3 is 1. The van der Waals surface area contributed by atoms with Crippen molar-refractivity contribution in [3.63, 3.8) is 0 Å². The molecule has 0 saturated heterocycles. The van der Waals surface area contributed by atoms with Gasteiger partial charge in [0.2, 0.25) is 0 Å². The number of halogens is 2. The summed E-state index contributed by atoms with van der Waals surface area (Å²) in [6.07, 6.45) is -0.987. The molecule has 0 aliphatic heterocycles. The first kappa shape index (κ1) is 13.2. The second-order valence-corrected chi connectivity index (χ2v) is 4.28. The fourth-order valence-electron chi connectivity index (χ4n) is 1.05. The lowest BCUT2D eigenvalue weighted by Crippen LogP contribution is -2.37. The molecule has 6 heteroatoms. The highest BCUT2D eigenvalue weighted by molar-refractivity contribution is 14.1. The van der Waals surface area contributed by atoms with Gasteiger partial charge in [-0.05, 0) is 40.8 Å². The second kappa shape index (κ2) is 6.00. The summed E-state index contributed by atoms with van der Waals surface area (Å²) in [5.41, 5.74) is 5.08. The molecule has 0 aromatic heterocycles.